The molecule has 0 saturated carbocycles. The summed E-state index contributed by atoms with van der Waals surface area (Å²) in [7, 11) is 0. The molecule has 0 aliphatic carbocycles. The summed E-state index contributed by atoms with van der Waals surface area (Å²) in [5.74, 6) is 1.11. The third-order valence-corrected chi connectivity index (χ3v) is 1.81. The minimum Gasteiger partial charge on any atom is -0.477 e. The van der Waals surface area contributed by atoms with E-state index in [2.05, 4.69) is 23.8 Å². The van der Waals surface area contributed by atoms with Gasteiger partial charge in [-0.3, -0.25) is 4.79 Å². The Balaban J connectivity index is 2.82. The van der Waals surface area contributed by atoms with E-state index >= 15 is 0 Å². The van der Waals surface area contributed by atoms with Crippen LogP contribution in [0.5, 0.6) is 5.88 Å². The predicted molar refractivity (Wildman–Crippen MR) is 57.1 cm³/mol. The quantitative estimate of drug-likeness (QED) is 0.693. The Morgan fingerprint density at radius 2 is 2.20 bits per heavy atom. The van der Waals surface area contributed by atoms with E-state index in [0.29, 0.717) is 24.7 Å². The van der Waals surface area contributed by atoms with Crippen LogP contribution in [-0.4, -0.2) is 22.9 Å². The van der Waals surface area contributed by atoms with E-state index in [1.165, 1.54) is 0 Å². The molecule has 0 aromatic carbocycles. The fourth-order valence-corrected chi connectivity index (χ4v) is 1.05. The standard InChI is InChI=1S/C11H16N2O2/c1-4-9-5-11(15-7-8(2)3)13-10(6-14)12-9/h5-6,8H,4,7H2,1-3H3. The van der Waals surface area contributed by atoms with E-state index < -0.39 is 0 Å². The largest absolute Gasteiger partial charge is 0.477 e. The average molecular weight is 208 g/mol. The maximum absolute atomic E-state index is 10.6. The molecule has 15 heavy (non-hydrogen) atoms. The van der Waals surface area contributed by atoms with Gasteiger partial charge < -0.3 is 4.74 Å². The summed E-state index contributed by atoms with van der Waals surface area (Å²) in [5.41, 5.74) is 0.825. The molecule has 0 aliphatic heterocycles. The predicted octanol–water partition coefficient (Wildman–Crippen LogP) is 1.89. The van der Waals surface area contributed by atoms with E-state index in [1.807, 2.05) is 6.92 Å². The van der Waals surface area contributed by atoms with Crippen LogP contribution >= 0.6 is 0 Å². The van der Waals surface area contributed by atoms with Gasteiger partial charge in [0.05, 0.1) is 6.61 Å². The zero-order chi connectivity index (χ0) is 11.3. The van der Waals surface area contributed by atoms with Crippen LogP contribution in [0.1, 0.15) is 37.1 Å². The van der Waals surface area contributed by atoms with Crippen molar-refractivity contribution in [3.8, 4) is 5.88 Å². The van der Waals surface area contributed by atoms with E-state index in [-0.39, 0.29) is 5.82 Å². The molecule has 0 fully saturated rings. The van der Waals surface area contributed by atoms with Crippen LogP contribution < -0.4 is 4.74 Å². The molecule has 0 radical (unpaired) electrons. The Morgan fingerprint density at radius 3 is 2.73 bits per heavy atom. The minimum atomic E-state index is 0.188. The number of rotatable bonds is 5. The highest BCUT2D eigenvalue weighted by Gasteiger charge is 2.04. The van der Waals surface area contributed by atoms with Gasteiger partial charge >= 0.3 is 0 Å². The summed E-state index contributed by atoms with van der Waals surface area (Å²) in [6, 6.07) is 1.77. The molecule has 0 atom stereocenters. The molecule has 0 bridgehead atoms. The highest BCUT2D eigenvalue weighted by atomic mass is 16.5. The Labute approximate surface area is 89.7 Å². The zero-order valence-electron chi connectivity index (χ0n) is 9.36. The average Bonchev–Trinajstić information content (AvgIpc) is 2.25. The third-order valence-electron chi connectivity index (χ3n) is 1.81. The first-order chi connectivity index (χ1) is 7.15. The van der Waals surface area contributed by atoms with Gasteiger partial charge in [0.2, 0.25) is 5.88 Å². The number of aromatic nitrogens is 2. The van der Waals surface area contributed by atoms with Crippen LogP contribution in [-0.2, 0) is 6.42 Å². The van der Waals surface area contributed by atoms with Gasteiger partial charge in [-0.1, -0.05) is 20.8 Å². The Bertz CT molecular complexity index is 337. The second-order valence-electron chi connectivity index (χ2n) is 3.73. The normalized spacial score (nSPS) is 10.4. The SMILES string of the molecule is CCc1cc(OCC(C)C)nc(C=O)n1. The lowest BCUT2D eigenvalue weighted by atomic mass is 10.2. The lowest BCUT2D eigenvalue weighted by Gasteiger charge is -2.08. The molecule has 1 rings (SSSR count). The summed E-state index contributed by atoms with van der Waals surface area (Å²) < 4.78 is 5.44. The molecule has 0 aliphatic rings. The van der Waals surface area contributed by atoms with Crippen molar-refractivity contribution in [3.05, 3.63) is 17.6 Å². The molecule has 0 amide bonds. The van der Waals surface area contributed by atoms with Crippen LogP contribution in [0.2, 0.25) is 0 Å². The van der Waals surface area contributed by atoms with Crippen molar-refractivity contribution in [2.24, 2.45) is 5.92 Å². The summed E-state index contributed by atoms with van der Waals surface area (Å²) >= 11 is 0. The van der Waals surface area contributed by atoms with Gasteiger partial charge in [-0.15, -0.1) is 0 Å². The number of carbonyl (C=O) groups excluding carboxylic acids is 1. The van der Waals surface area contributed by atoms with Crippen molar-refractivity contribution in [3.63, 3.8) is 0 Å². The summed E-state index contributed by atoms with van der Waals surface area (Å²) in [6.45, 7) is 6.69. The molecule has 82 valence electrons. The Hall–Kier alpha value is -1.45. The fraction of sp³-hybridized carbons (Fsp3) is 0.545. The van der Waals surface area contributed by atoms with Crippen molar-refractivity contribution in [2.75, 3.05) is 6.61 Å². The number of carbonyl (C=O) groups is 1. The molecule has 1 aromatic heterocycles. The summed E-state index contributed by atoms with van der Waals surface area (Å²) in [5, 5.41) is 0. The van der Waals surface area contributed by atoms with Gasteiger partial charge in [-0.25, -0.2) is 4.98 Å². The highest BCUT2D eigenvalue weighted by Crippen LogP contribution is 2.10. The molecule has 1 heterocycles. The molecule has 4 nitrogen and oxygen atoms in total. The molecule has 0 saturated heterocycles. The second-order valence-corrected chi connectivity index (χ2v) is 3.73. The van der Waals surface area contributed by atoms with Crippen molar-refractivity contribution < 1.29 is 9.53 Å². The van der Waals surface area contributed by atoms with Gasteiger partial charge in [0.25, 0.3) is 0 Å². The van der Waals surface area contributed by atoms with Crippen molar-refractivity contribution in [1.29, 1.82) is 0 Å². The Kier molecular flexibility index (Phi) is 4.21. The van der Waals surface area contributed by atoms with Gasteiger partial charge in [0.1, 0.15) is 0 Å². The summed E-state index contributed by atoms with van der Waals surface area (Å²) in [6.07, 6.45) is 1.41. The smallest absolute Gasteiger partial charge is 0.217 e. The molecule has 1 aromatic rings. The fourth-order valence-electron chi connectivity index (χ4n) is 1.05. The first-order valence-electron chi connectivity index (χ1n) is 5.11. The van der Waals surface area contributed by atoms with Crippen LogP contribution in [0, 0.1) is 5.92 Å². The maximum Gasteiger partial charge on any atom is 0.217 e. The topological polar surface area (TPSA) is 52.1 Å². The van der Waals surface area contributed by atoms with E-state index in [9.17, 15) is 4.79 Å². The van der Waals surface area contributed by atoms with Gasteiger partial charge in [0.15, 0.2) is 12.1 Å². The third kappa shape index (κ3) is 3.65. The molecule has 4 heteroatoms. The zero-order valence-corrected chi connectivity index (χ0v) is 9.36. The number of aldehydes is 1. The number of nitrogens with zero attached hydrogens (tertiary/aromatic N) is 2. The second kappa shape index (κ2) is 5.44. The number of hydrogen-bond donors (Lipinski definition) is 0. The van der Waals surface area contributed by atoms with Crippen LogP contribution in [0.3, 0.4) is 0 Å². The van der Waals surface area contributed by atoms with E-state index in [4.69, 9.17) is 4.74 Å². The van der Waals surface area contributed by atoms with Crippen molar-refractivity contribution in [2.45, 2.75) is 27.2 Å². The first-order valence-corrected chi connectivity index (χ1v) is 5.11. The number of aryl methyl sites for hydroxylation is 1. The number of hydrogen-bond acceptors (Lipinski definition) is 4. The van der Waals surface area contributed by atoms with Crippen LogP contribution in [0.4, 0.5) is 0 Å². The minimum absolute atomic E-state index is 0.188. The van der Waals surface area contributed by atoms with Crippen molar-refractivity contribution >= 4 is 6.29 Å². The van der Waals surface area contributed by atoms with Crippen LogP contribution in [0.15, 0.2) is 6.07 Å². The molecule has 0 spiro atoms. The molecular weight excluding hydrogens is 192 g/mol. The van der Waals surface area contributed by atoms with Gasteiger partial charge in [-0.2, -0.15) is 4.98 Å². The lowest BCUT2D eigenvalue weighted by Crippen LogP contribution is -2.08. The van der Waals surface area contributed by atoms with Gasteiger partial charge in [0, 0.05) is 11.8 Å². The molecular formula is C11H16N2O2. The maximum atomic E-state index is 10.6. The highest BCUT2D eigenvalue weighted by molar-refractivity contribution is 5.68. The van der Waals surface area contributed by atoms with Crippen molar-refractivity contribution in [1.82, 2.24) is 9.97 Å². The lowest BCUT2D eigenvalue weighted by molar-refractivity contribution is 0.111. The Morgan fingerprint density at radius 1 is 1.47 bits per heavy atom. The monoisotopic (exact) mass is 208 g/mol. The summed E-state index contributed by atoms with van der Waals surface area (Å²) in [4.78, 5) is 18.6. The molecule has 0 unspecified atom stereocenters. The van der Waals surface area contributed by atoms with Crippen LogP contribution in [0.25, 0.3) is 0 Å². The van der Waals surface area contributed by atoms with E-state index in [1.54, 1.807) is 6.07 Å². The van der Waals surface area contributed by atoms with Gasteiger partial charge in [-0.05, 0) is 12.3 Å². The first kappa shape index (κ1) is 11.6. The molecule has 0 N–H and O–H groups in total. The number of ether oxygens (including phenoxy) is 1. The van der Waals surface area contributed by atoms with E-state index in [0.717, 1.165) is 12.1 Å².